The molecule has 1 aromatic carbocycles. The first kappa shape index (κ1) is 17.5. The third-order valence-electron chi connectivity index (χ3n) is 2.69. The predicted octanol–water partition coefficient (Wildman–Crippen LogP) is 3.11. The fourth-order valence-electron chi connectivity index (χ4n) is 1.85. The molecule has 0 aliphatic heterocycles. The second-order valence-corrected chi connectivity index (χ2v) is 5.81. The number of esters is 1. The minimum absolute atomic E-state index is 0.274. The van der Waals surface area contributed by atoms with Crippen molar-refractivity contribution in [1.82, 2.24) is 0 Å². The summed E-state index contributed by atoms with van der Waals surface area (Å²) in [6.07, 6.45) is -7.02. The summed E-state index contributed by atoms with van der Waals surface area (Å²) in [5, 5.41) is 9.84. The van der Waals surface area contributed by atoms with Gasteiger partial charge in [-0.25, -0.2) is 0 Å². The number of benzene rings is 1. The molecule has 0 bridgehead atoms. The van der Waals surface area contributed by atoms with Gasteiger partial charge in [-0.05, 0) is 32.8 Å². The molecular formula is C15H19F3O3. The molecule has 0 fully saturated rings. The zero-order chi connectivity index (χ0) is 16.3. The lowest BCUT2D eigenvalue weighted by Crippen LogP contribution is -2.44. The van der Waals surface area contributed by atoms with E-state index in [1.54, 1.807) is 30.3 Å². The fraction of sp³-hybridized carbons (Fsp3) is 0.533. The number of alkyl halides is 3. The zero-order valence-electron chi connectivity index (χ0n) is 12.1. The Kier molecular flexibility index (Phi) is 5.39. The molecular weight excluding hydrogens is 285 g/mol. The van der Waals surface area contributed by atoms with E-state index in [1.807, 2.05) is 0 Å². The Bertz CT molecular complexity index is 463. The van der Waals surface area contributed by atoms with E-state index in [9.17, 15) is 23.1 Å². The Morgan fingerprint density at radius 1 is 1.19 bits per heavy atom. The van der Waals surface area contributed by atoms with Crippen molar-refractivity contribution >= 4 is 5.97 Å². The third kappa shape index (κ3) is 5.75. The van der Waals surface area contributed by atoms with E-state index in [1.165, 1.54) is 20.8 Å². The van der Waals surface area contributed by atoms with Crippen molar-refractivity contribution in [2.45, 2.75) is 45.1 Å². The molecule has 6 heteroatoms. The van der Waals surface area contributed by atoms with Crippen molar-refractivity contribution < 1.29 is 27.8 Å². The molecule has 0 heterocycles. The summed E-state index contributed by atoms with van der Waals surface area (Å²) in [5.74, 6) is -4.02. The van der Waals surface area contributed by atoms with Gasteiger partial charge in [-0.1, -0.05) is 30.3 Å². The van der Waals surface area contributed by atoms with Crippen LogP contribution in [-0.2, 0) is 16.0 Å². The van der Waals surface area contributed by atoms with Gasteiger partial charge in [0, 0.05) is 0 Å². The Hall–Kier alpha value is -1.56. The number of hydrogen-bond acceptors (Lipinski definition) is 3. The van der Waals surface area contributed by atoms with Gasteiger partial charge in [0.25, 0.3) is 0 Å². The molecule has 1 aromatic rings. The van der Waals surface area contributed by atoms with Gasteiger partial charge in [-0.2, -0.15) is 13.2 Å². The zero-order valence-corrected chi connectivity index (χ0v) is 12.1. The van der Waals surface area contributed by atoms with E-state index in [-0.39, 0.29) is 6.42 Å². The quantitative estimate of drug-likeness (QED) is 0.869. The Labute approximate surface area is 121 Å². The standard InChI is InChI=1S/C15H19F3O3/c1-14(2,3)21-13(20)12(15(16,17)18)11(19)9-10-7-5-4-6-8-10/h4-8,11-12,19H,9H2,1-3H3/t11-,12-/m0/s1. The largest absolute Gasteiger partial charge is 0.459 e. The van der Waals surface area contributed by atoms with Crippen molar-refractivity contribution in [2.24, 2.45) is 5.92 Å². The van der Waals surface area contributed by atoms with Gasteiger partial charge in [0.1, 0.15) is 5.60 Å². The van der Waals surface area contributed by atoms with Gasteiger partial charge in [0.05, 0.1) is 6.10 Å². The minimum Gasteiger partial charge on any atom is -0.459 e. The van der Waals surface area contributed by atoms with Crippen LogP contribution >= 0.6 is 0 Å². The van der Waals surface area contributed by atoms with E-state index in [0.717, 1.165) is 0 Å². The van der Waals surface area contributed by atoms with Crippen LogP contribution in [0.3, 0.4) is 0 Å². The first-order valence-corrected chi connectivity index (χ1v) is 6.52. The van der Waals surface area contributed by atoms with Gasteiger partial charge < -0.3 is 9.84 Å². The molecule has 0 saturated carbocycles. The smallest absolute Gasteiger partial charge is 0.404 e. The van der Waals surface area contributed by atoms with Crippen molar-refractivity contribution in [3.05, 3.63) is 35.9 Å². The maximum Gasteiger partial charge on any atom is 0.404 e. The highest BCUT2D eigenvalue weighted by atomic mass is 19.4. The van der Waals surface area contributed by atoms with Gasteiger partial charge in [-0.15, -0.1) is 0 Å². The Morgan fingerprint density at radius 3 is 2.14 bits per heavy atom. The Morgan fingerprint density at radius 2 is 1.71 bits per heavy atom. The molecule has 3 nitrogen and oxygen atoms in total. The van der Waals surface area contributed by atoms with Crippen molar-refractivity contribution in [1.29, 1.82) is 0 Å². The van der Waals surface area contributed by atoms with Crippen LogP contribution in [0.1, 0.15) is 26.3 Å². The fourth-order valence-corrected chi connectivity index (χ4v) is 1.85. The molecule has 0 radical (unpaired) electrons. The van der Waals surface area contributed by atoms with Gasteiger partial charge >= 0.3 is 12.1 Å². The van der Waals surface area contributed by atoms with Crippen LogP contribution in [0, 0.1) is 5.92 Å². The number of ether oxygens (including phenoxy) is 1. The van der Waals surface area contributed by atoms with E-state index < -0.39 is 29.8 Å². The maximum atomic E-state index is 13.0. The lowest BCUT2D eigenvalue weighted by Gasteiger charge is -2.28. The first-order chi connectivity index (χ1) is 9.50. The number of aliphatic hydroxyl groups excluding tert-OH is 1. The summed E-state index contributed by atoms with van der Waals surface area (Å²) in [4.78, 5) is 11.7. The molecule has 21 heavy (non-hydrogen) atoms. The number of carbonyl (C=O) groups excluding carboxylic acids is 1. The predicted molar refractivity (Wildman–Crippen MR) is 71.5 cm³/mol. The monoisotopic (exact) mass is 304 g/mol. The van der Waals surface area contributed by atoms with Gasteiger partial charge in [0.2, 0.25) is 0 Å². The summed E-state index contributed by atoms with van der Waals surface area (Å²) >= 11 is 0. The third-order valence-corrected chi connectivity index (χ3v) is 2.69. The van der Waals surface area contributed by atoms with Gasteiger partial charge in [0.15, 0.2) is 5.92 Å². The van der Waals surface area contributed by atoms with Crippen LogP contribution in [0.5, 0.6) is 0 Å². The molecule has 118 valence electrons. The summed E-state index contributed by atoms with van der Waals surface area (Å²) < 4.78 is 43.9. The highest BCUT2D eigenvalue weighted by molar-refractivity contribution is 5.74. The van der Waals surface area contributed by atoms with Crippen LogP contribution < -0.4 is 0 Å². The molecule has 0 aliphatic carbocycles. The molecule has 0 aromatic heterocycles. The number of hydrogen-bond donors (Lipinski definition) is 1. The molecule has 2 atom stereocenters. The van der Waals surface area contributed by atoms with E-state index in [2.05, 4.69) is 0 Å². The van der Waals surface area contributed by atoms with Gasteiger partial charge in [-0.3, -0.25) is 4.79 Å². The second kappa shape index (κ2) is 6.47. The summed E-state index contributed by atoms with van der Waals surface area (Å²) in [6.45, 7) is 4.42. The molecule has 0 spiro atoms. The van der Waals surface area contributed by atoms with Crippen LogP contribution in [0.2, 0.25) is 0 Å². The SMILES string of the molecule is CC(C)(C)OC(=O)[C@H]([C@@H](O)Cc1ccccc1)C(F)(F)F. The highest BCUT2D eigenvalue weighted by Gasteiger charge is 2.51. The first-order valence-electron chi connectivity index (χ1n) is 6.52. The second-order valence-electron chi connectivity index (χ2n) is 5.81. The number of carbonyl (C=O) groups is 1. The number of aliphatic hydroxyl groups is 1. The average molecular weight is 304 g/mol. The van der Waals surface area contributed by atoms with Crippen LogP contribution in [0.25, 0.3) is 0 Å². The summed E-state index contributed by atoms with van der Waals surface area (Å²) in [7, 11) is 0. The summed E-state index contributed by atoms with van der Waals surface area (Å²) in [5.41, 5.74) is -0.532. The normalized spacial score (nSPS) is 15.4. The van der Waals surface area contributed by atoms with E-state index >= 15 is 0 Å². The number of rotatable bonds is 4. The van der Waals surface area contributed by atoms with E-state index in [4.69, 9.17) is 4.74 Å². The maximum absolute atomic E-state index is 13.0. The molecule has 0 unspecified atom stereocenters. The van der Waals surface area contributed by atoms with E-state index in [0.29, 0.717) is 5.56 Å². The van der Waals surface area contributed by atoms with Crippen LogP contribution in [0.15, 0.2) is 30.3 Å². The van der Waals surface area contributed by atoms with Crippen molar-refractivity contribution in [3.8, 4) is 0 Å². The summed E-state index contributed by atoms with van der Waals surface area (Å²) in [6, 6.07) is 8.19. The topological polar surface area (TPSA) is 46.5 Å². The molecule has 0 saturated heterocycles. The molecule has 1 N–H and O–H groups in total. The Balaban J connectivity index is 2.90. The highest BCUT2D eigenvalue weighted by Crippen LogP contribution is 2.32. The lowest BCUT2D eigenvalue weighted by atomic mass is 9.95. The van der Waals surface area contributed by atoms with Crippen molar-refractivity contribution in [3.63, 3.8) is 0 Å². The van der Waals surface area contributed by atoms with Crippen LogP contribution in [-0.4, -0.2) is 29.0 Å². The number of halogens is 3. The minimum atomic E-state index is -4.86. The van der Waals surface area contributed by atoms with Crippen LogP contribution in [0.4, 0.5) is 13.2 Å². The average Bonchev–Trinajstić information content (AvgIpc) is 2.25. The molecule has 1 rings (SSSR count). The van der Waals surface area contributed by atoms with Crippen molar-refractivity contribution in [2.75, 3.05) is 0 Å². The molecule has 0 amide bonds. The molecule has 0 aliphatic rings. The lowest BCUT2D eigenvalue weighted by molar-refractivity contribution is -0.220.